The lowest BCUT2D eigenvalue weighted by Gasteiger charge is -2.07. The molecule has 0 bridgehead atoms. The zero-order valence-electron chi connectivity index (χ0n) is 11.3. The number of hydrogen-bond donors (Lipinski definition) is 0. The van der Waals surface area contributed by atoms with Gasteiger partial charge in [0, 0.05) is 24.5 Å². The minimum absolute atomic E-state index is 0.190. The highest BCUT2D eigenvalue weighted by molar-refractivity contribution is 5.42. The summed E-state index contributed by atoms with van der Waals surface area (Å²) >= 11 is 0. The minimum Gasteiger partial charge on any atom is -0.497 e. The molecule has 0 radical (unpaired) electrons. The standard InChI is InChI=1S/C14H14N4O2/c1-3-12-15-16-13-14(19)17(8-9-18(12)13)10-4-6-11(20-2)7-5-10/h4-9H,3H2,1-2H3. The average Bonchev–Trinajstić information content (AvgIpc) is 2.92. The predicted molar refractivity (Wildman–Crippen MR) is 74.5 cm³/mol. The summed E-state index contributed by atoms with van der Waals surface area (Å²) in [6, 6.07) is 7.28. The maximum Gasteiger partial charge on any atom is 0.300 e. The van der Waals surface area contributed by atoms with E-state index in [0.717, 1.165) is 23.7 Å². The van der Waals surface area contributed by atoms with E-state index in [2.05, 4.69) is 10.2 Å². The predicted octanol–water partition coefficient (Wildman–Crippen LogP) is 1.45. The van der Waals surface area contributed by atoms with Crippen molar-refractivity contribution < 1.29 is 4.74 Å². The van der Waals surface area contributed by atoms with Crippen molar-refractivity contribution >= 4 is 5.65 Å². The second-order valence-corrected chi connectivity index (χ2v) is 4.33. The van der Waals surface area contributed by atoms with Gasteiger partial charge in [0.1, 0.15) is 11.6 Å². The second-order valence-electron chi connectivity index (χ2n) is 4.33. The Morgan fingerprint density at radius 3 is 2.55 bits per heavy atom. The molecule has 0 aliphatic carbocycles. The lowest BCUT2D eigenvalue weighted by molar-refractivity contribution is 0.414. The molecule has 3 aromatic rings. The van der Waals surface area contributed by atoms with Crippen LogP contribution < -0.4 is 10.3 Å². The fourth-order valence-corrected chi connectivity index (χ4v) is 2.12. The number of aryl methyl sites for hydroxylation is 1. The lowest BCUT2D eigenvalue weighted by atomic mass is 10.3. The van der Waals surface area contributed by atoms with Crippen LogP contribution in [0.5, 0.6) is 5.75 Å². The Bertz CT molecular complexity index is 802. The number of rotatable bonds is 3. The molecular formula is C14H14N4O2. The zero-order valence-corrected chi connectivity index (χ0v) is 11.3. The number of methoxy groups -OCH3 is 1. The maximum absolute atomic E-state index is 12.4. The Labute approximate surface area is 115 Å². The van der Waals surface area contributed by atoms with Crippen molar-refractivity contribution in [3.05, 3.63) is 52.8 Å². The van der Waals surface area contributed by atoms with Crippen LogP contribution in [0.3, 0.4) is 0 Å². The Morgan fingerprint density at radius 1 is 1.15 bits per heavy atom. The SMILES string of the molecule is CCc1nnc2c(=O)n(-c3ccc(OC)cc3)ccn12. The third-order valence-electron chi connectivity index (χ3n) is 3.21. The van der Waals surface area contributed by atoms with Gasteiger partial charge in [0.05, 0.1) is 7.11 Å². The Hall–Kier alpha value is -2.63. The summed E-state index contributed by atoms with van der Waals surface area (Å²) in [5, 5.41) is 7.98. The van der Waals surface area contributed by atoms with Gasteiger partial charge in [0.15, 0.2) is 0 Å². The Kier molecular flexibility index (Phi) is 2.98. The van der Waals surface area contributed by atoms with Crippen molar-refractivity contribution in [2.75, 3.05) is 7.11 Å². The molecule has 0 aliphatic heterocycles. The molecule has 6 nitrogen and oxygen atoms in total. The molecule has 2 heterocycles. The van der Waals surface area contributed by atoms with Crippen LogP contribution in [0.15, 0.2) is 41.5 Å². The first kappa shape index (κ1) is 12.4. The molecule has 1 aromatic carbocycles. The van der Waals surface area contributed by atoms with E-state index in [0.29, 0.717) is 5.65 Å². The molecule has 6 heteroatoms. The van der Waals surface area contributed by atoms with Gasteiger partial charge >= 0.3 is 5.56 Å². The van der Waals surface area contributed by atoms with Gasteiger partial charge in [-0.2, -0.15) is 0 Å². The summed E-state index contributed by atoms with van der Waals surface area (Å²) in [6.07, 6.45) is 4.26. The summed E-state index contributed by atoms with van der Waals surface area (Å²) < 4.78 is 8.38. The van der Waals surface area contributed by atoms with Crippen LogP contribution in [0, 0.1) is 0 Å². The van der Waals surface area contributed by atoms with Gasteiger partial charge in [-0.3, -0.25) is 13.8 Å². The molecule has 102 valence electrons. The van der Waals surface area contributed by atoms with Crippen LogP contribution in [0.1, 0.15) is 12.7 Å². The molecule has 3 rings (SSSR count). The highest BCUT2D eigenvalue weighted by atomic mass is 16.5. The maximum atomic E-state index is 12.4. The molecule has 0 N–H and O–H groups in total. The second kappa shape index (κ2) is 4.80. The largest absolute Gasteiger partial charge is 0.497 e. The molecule has 0 aliphatic rings. The van der Waals surface area contributed by atoms with Gasteiger partial charge in [-0.1, -0.05) is 6.92 Å². The van der Waals surface area contributed by atoms with Crippen LogP contribution in [0.2, 0.25) is 0 Å². The Balaban J connectivity index is 2.16. The van der Waals surface area contributed by atoms with Gasteiger partial charge < -0.3 is 4.74 Å². The van der Waals surface area contributed by atoms with Crippen molar-refractivity contribution in [3.8, 4) is 11.4 Å². The first-order valence-corrected chi connectivity index (χ1v) is 6.34. The summed E-state index contributed by atoms with van der Waals surface area (Å²) in [7, 11) is 1.61. The molecule has 0 atom stereocenters. The topological polar surface area (TPSA) is 61.4 Å². The van der Waals surface area contributed by atoms with Crippen LogP contribution in [0.25, 0.3) is 11.3 Å². The highest BCUT2D eigenvalue weighted by Gasteiger charge is 2.10. The molecule has 2 aromatic heterocycles. The number of nitrogens with zero attached hydrogens (tertiary/aromatic N) is 4. The number of hydrogen-bond acceptors (Lipinski definition) is 4. The number of fused-ring (bicyclic) bond motifs is 1. The molecule has 0 saturated carbocycles. The van der Waals surface area contributed by atoms with Crippen LogP contribution in [-0.4, -0.2) is 26.3 Å². The summed E-state index contributed by atoms with van der Waals surface area (Å²) in [6.45, 7) is 1.98. The van der Waals surface area contributed by atoms with E-state index in [9.17, 15) is 4.79 Å². The molecule has 20 heavy (non-hydrogen) atoms. The van der Waals surface area contributed by atoms with E-state index in [-0.39, 0.29) is 5.56 Å². The molecule has 0 amide bonds. The summed E-state index contributed by atoms with van der Waals surface area (Å²) in [4.78, 5) is 12.4. The van der Waals surface area contributed by atoms with E-state index < -0.39 is 0 Å². The molecule has 0 saturated heterocycles. The quantitative estimate of drug-likeness (QED) is 0.722. The lowest BCUT2D eigenvalue weighted by Crippen LogP contribution is -2.20. The minimum atomic E-state index is -0.190. The van der Waals surface area contributed by atoms with E-state index >= 15 is 0 Å². The molecule has 0 fully saturated rings. The Morgan fingerprint density at radius 2 is 1.90 bits per heavy atom. The van der Waals surface area contributed by atoms with Gasteiger partial charge in [0.2, 0.25) is 5.65 Å². The smallest absolute Gasteiger partial charge is 0.300 e. The van der Waals surface area contributed by atoms with Crippen molar-refractivity contribution in [2.45, 2.75) is 13.3 Å². The van der Waals surface area contributed by atoms with E-state index in [1.165, 1.54) is 0 Å². The zero-order chi connectivity index (χ0) is 14.1. The van der Waals surface area contributed by atoms with Crippen molar-refractivity contribution in [2.24, 2.45) is 0 Å². The average molecular weight is 270 g/mol. The van der Waals surface area contributed by atoms with Crippen LogP contribution >= 0.6 is 0 Å². The monoisotopic (exact) mass is 270 g/mol. The van der Waals surface area contributed by atoms with Crippen LogP contribution in [-0.2, 0) is 6.42 Å². The number of ether oxygens (including phenoxy) is 1. The van der Waals surface area contributed by atoms with E-state index in [4.69, 9.17) is 4.74 Å². The van der Waals surface area contributed by atoms with E-state index in [1.807, 2.05) is 31.2 Å². The fraction of sp³-hybridized carbons (Fsp3) is 0.214. The summed E-state index contributed by atoms with van der Waals surface area (Å²) in [5.74, 6) is 1.53. The fourth-order valence-electron chi connectivity index (χ4n) is 2.12. The molecular weight excluding hydrogens is 256 g/mol. The molecule has 0 spiro atoms. The molecule has 0 unspecified atom stereocenters. The third kappa shape index (κ3) is 1.85. The van der Waals surface area contributed by atoms with Crippen molar-refractivity contribution in [3.63, 3.8) is 0 Å². The third-order valence-corrected chi connectivity index (χ3v) is 3.21. The van der Waals surface area contributed by atoms with Gasteiger partial charge in [-0.15, -0.1) is 10.2 Å². The van der Waals surface area contributed by atoms with Gasteiger partial charge in [-0.05, 0) is 24.3 Å². The normalized spacial score (nSPS) is 10.9. The number of benzene rings is 1. The highest BCUT2D eigenvalue weighted by Crippen LogP contribution is 2.13. The first-order valence-electron chi connectivity index (χ1n) is 6.34. The van der Waals surface area contributed by atoms with Crippen LogP contribution in [0.4, 0.5) is 0 Å². The first-order chi connectivity index (χ1) is 9.74. The van der Waals surface area contributed by atoms with Gasteiger partial charge in [-0.25, -0.2) is 0 Å². The van der Waals surface area contributed by atoms with Gasteiger partial charge in [0.25, 0.3) is 0 Å². The van der Waals surface area contributed by atoms with Crippen molar-refractivity contribution in [1.29, 1.82) is 0 Å². The van der Waals surface area contributed by atoms with Crippen molar-refractivity contribution in [1.82, 2.24) is 19.2 Å². The van der Waals surface area contributed by atoms with E-state index in [1.54, 1.807) is 28.5 Å². The summed E-state index contributed by atoms with van der Waals surface area (Å²) in [5.41, 5.74) is 0.907. The number of aromatic nitrogens is 4.